The van der Waals surface area contributed by atoms with Crippen molar-refractivity contribution in [3.05, 3.63) is 22.4 Å². The molecule has 0 amide bonds. The Morgan fingerprint density at radius 1 is 1.71 bits per heavy atom. The van der Waals surface area contributed by atoms with Gasteiger partial charge in [-0.25, -0.2) is 0 Å². The average Bonchev–Trinajstić information content (AvgIpc) is 2.64. The van der Waals surface area contributed by atoms with E-state index in [-0.39, 0.29) is 11.5 Å². The highest BCUT2D eigenvalue weighted by molar-refractivity contribution is 7.10. The van der Waals surface area contributed by atoms with Crippen molar-refractivity contribution in [2.45, 2.75) is 25.9 Å². The van der Waals surface area contributed by atoms with Crippen molar-refractivity contribution in [1.29, 1.82) is 0 Å². The molecule has 1 aromatic rings. The molecule has 0 aromatic carbocycles. The maximum absolute atomic E-state index is 10.2. The van der Waals surface area contributed by atoms with Gasteiger partial charge in [-0.1, -0.05) is 13.0 Å². The second-order valence-corrected chi connectivity index (χ2v) is 5.48. The van der Waals surface area contributed by atoms with Crippen molar-refractivity contribution in [3.8, 4) is 0 Å². The number of hydrogen-bond donors (Lipinski definition) is 2. The van der Waals surface area contributed by atoms with Crippen molar-refractivity contribution in [2.24, 2.45) is 17.1 Å². The lowest BCUT2D eigenvalue weighted by molar-refractivity contribution is -0.0583. The van der Waals surface area contributed by atoms with E-state index in [1.807, 2.05) is 17.5 Å². The molecule has 0 unspecified atom stereocenters. The molecule has 1 saturated carbocycles. The molecule has 1 aromatic heterocycles. The fourth-order valence-corrected chi connectivity index (χ4v) is 3.43. The largest absolute Gasteiger partial charge is 0.387 e. The number of aliphatic hydroxyl groups excluding tert-OH is 1. The van der Waals surface area contributed by atoms with Crippen molar-refractivity contribution in [3.63, 3.8) is 0 Å². The fraction of sp³-hybridized carbons (Fsp3) is 0.636. The van der Waals surface area contributed by atoms with Crippen molar-refractivity contribution in [1.82, 2.24) is 0 Å². The number of hydrogen-bond acceptors (Lipinski definition) is 3. The van der Waals surface area contributed by atoms with Gasteiger partial charge in [0.05, 0.1) is 6.10 Å². The molecular weight excluding hydrogens is 194 g/mol. The van der Waals surface area contributed by atoms with Crippen LogP contribution in [0.25, 0.3) is 0 Å². The molecule has 14 heavy (non-hydrogen) atoms. The van der Waals surface area contributed by atoms with E-state index in [1.54, 1.807) is 11.3 Å². The molecule has 3 heteroatoms. The predicted molar refractivity (Wildman–Crippen MR) is 59.2 cm³/mol. The fourth-order valence-electron chi connectivity index (χ4n) is 2.58. The Morgan fingerprint density at radius 2 is 2.43 bits per heavy atom. The summed E-state index contributed by atoms with van der Waals surface area (Å²) in [6, 6.07) is 3.98. The summed E-state index contributed by atoms with van der Waals surface area (Å²) in [5, 5.41) is 12.2. The maximum Gasteiger partial charge on any atom is 0.0950 e. The van der Waals surface area contributed by atoms with E-state index in [2.05, 4.69) is 6.92 Å². The molecule has 0 aliphatic heterocycles. The van der Waals surface area contributed by atoms with Gasteiger partial charge in [0.15, 0.2) is 0 Å². The summed E-state index contributed by atoms with van der Waals surface area (Å²) in [6.07, 6.45) is 1.76. The third-order valence-corrected chi connectivity index (χ3v) is 4.23. The van der Waals surface area contributed by atoms with Crippen LogP contribution in [0.4, 0.5) is 0 Å². The molecule has 3 N–H and O–H groups in total. The van der Waals surface area contributed by atoms with Crippen LogP contribution in [0.15, 0.2) is 17.5 Å². The highest BCUT2D eigenvalue weighted by Crippen LogP contribution is 2.53. The molecule has 0 bridgehead atoms. The van der Waals surface area contributed by atoms with Crippen LogP contribution in [0, 0.1) is 11.3 Å². The first-order chi connectivity index (χ1) is 6.68. The van der Waals surface area contributed by atoms with E-state index in [9.17, 15) is 5.11 Å². The smallest absolute Gasteiger partial charge is 0.0950 e. The zero-order chi connectivity index (χ0) is 10.2. The quantitative estimate of drug-likeness (QED) is 0.804. The summed E-state index contributed by atoms with van der Waals surface area (Å²) in [5.74, 6) is 0.716. The third-order valence-electron chi connectivity index (χ3n) is 3.31. The molecule has 1 heterocycles. The number of rotatable bonds is 3. The second-order valence-electron chi connectivity index (χ2n) is 4.50. The summed E-state index contributed by atoms with van der Waals surface area (Å²) in [5.41, 5.74) is 5.75. The maximum atomic E-state index is 10.2. The first-order valence-corrected chi connectivity index (χ1v) is 5.97. The van der Waals surface area contributed by atoms with Crippen LogP contribution in [0.1, 0.15) is 30.7 Å². The van der Waals surface area contributed by atoms with Gasteiger partial charge in [-0.05, 0) is 30.2 Å². The minimum Gasteiger partial charge on any atom is -0.387 e. The molecule has 1 atom stereocenters. The monoisotopic (exact) mass is 211 g/mol. The topological polar surface area (TPSA) is 46.2 Å². The van der Waals surface area contributed by atoms with Gasteiger partial charge in [-0.15, -0.1) is 11.3 Å². The van der Waals surface area contributed by atoms with Crippen LogP contribution in [-0.2, 0) is 0 Å². The number of aliphatic hydroxyl groups is 1. The molecular formula is C11H17NOS. The van der Waals surface area contributed by atoms with Crippen molar-refractivity contribution < 1.29 is 5.11 Å². The highest BCUT2D eigenvalue weighted by atomic mass is 32.1. The molecule has 0 spiro atoms. The van der Waals surface area contributed by atoms with E-state index < -0.39 is 0 Å². The predicted octanol–water partition coefficient (Wildman–Crippen LogP) is 2.16. The summed E-state index contributed by atoms with van der Waals surface area (Å²) in [6.45, 7) is 2.81. The molecule has 0 radical (unpaired) electrons. The highest BCUT2D eigenvalue weighted by Gasteiger charge is 2.47. The lowest BCUT2D eigenvalue weighted by atomic mass is 9.59. The Morgan fingerprint density at radius 3 is 2.86 bits per heavy atom. The van der Waals surface area contributed by atoms with Gasteiger partial charge in [0.1, 0.15) is 0 Å². The van der Waals surface area contributed by atoms with Gasteiger partial charge in [-0.2, -0.15) is 0 Å². The summed E-state index contributed by atoms with van der Waals surface area (Å²) in [7, 11) is 0. The SMILES string of the molecule is CC1CC(CN)([C@H](O)c2cccs2)C1. The van der Waals surface area contributed by atoms with E-state index >= 15 is 0 Å². The first kappa shape index (κ1) is 10.1. The Kier molecular flexibility index (Phi) is 2.64. The Balaban J connectivity index is 2.14. The van der Waals surface area contributed by atoms with Crippen LogP contribution < -0.4 is 5.73 Å². The molecule has 78 valence electrons. The molecule has 0 saturated heterocycles. The Bertz CT molecular complexity index is 290. The summed E-state index contributed by atoms with van der Waals surface area (Å²) < 4.78 is 0. The van der Waals surface area contributed by atoms with Crippen molar-refractivity contribution >= 4 is 11.3 Å². The lowest BCUT2D eigenvalue weighted by Gasteiger charge is -2.48. The van der Waals surface area contributed by atoms with Gasteiger partial charge in [0.25, 0.3) is 0 Å². The van der Waals surface area contributed by atoms with E-state index in [4.69, 9.17) is 5.73 Å². The van der Waals surface area contributed by atoms with Crippen molar-refractivity contribution in [2.75, 3.05) is 6.54 Å². The van der Waals surface area contributed by atoms with Crippen LogP contribution in [0.3, 0.4) is 0 Å². The third kappa shape index (κ3) is 1.49. The van der Waals surface area contributed by atoms with Gasteiger partial charge < -0.3 is 10.8 Å². The van der Waals surface area contributed by atoms with Crippen LogP contribution in [0.2, 0.25) is 0 Å². The molecule has 1 fully saturated rings. The van der Waals surface area contributed by atoms with E-state index in [1.165, 1.54) is 0 Å². The van der Waals surface area contributed by atoms with Crippen LogP contribution in [0.5, 0.6) is 0 Å². The lowest BCUT2D eigenvalue weighted by Crippen LogP contribution is -2.46. The first-order valence-electron chi connectivity index (χ1n) is 5.09. The Hall–Kier alpha value is -0.380. The average molecular weight is 211 g/mol. The summed E-state index contributed by atoms with van der Waals surface area (Å²) in [4.78, 5) is 1.06. The molecule has 2 nitrogen and oxygen atoms in total. The number of thiophene rings is 1. The minimum absolute atomic E-state index is 0.0374. The van der Waals surface area contributed by atoms with E-state index in [0.29, 0.717) is 12.5 Å². The van der Waals surface area contributed by atoms with E-state index in [0.717, 1.165) is 17.7 Å². The minimum atomic E-state index is -0.358. The van der Waals surface area contributed by atoms with Gasteiger partial charge in [-0.3, -0.25) is 0 Å². The molecule has 2 rings (SSSR count). The van der Waals surface area contributed by atoms with Crippen LogP contribution in [-0.4, -0.2) is 11.7 Å². The Labute approximate surface area is 88.8 Å². The zero-order valence-electron chi connectivity index (χ0n) is 8.44. The number of nitrogens with two attached hydrogens (primary N) is 1. The second kappa shape index (κ2) is 3.65. The normalized spacial score (nSPS) is 33.8. The van der Waals surface area contributed by atoms with Gasteiger partial charge in [0, 0.05) is 16.8 Å². The zero-order valence-corrected chi connectivity index (χ0v) is 9.26. The van der Waals surface area contributed by atoms with Gasteiger partial charge in [0.2, 0.25) is 0 Å². The molecule has 1 aliphatic carbocycles. The van der Waals surface area contributed by atoms with Gasteiger partial charge >= 0.3 is 0 Å². The summed E-state index contributed by atoms with van der Waals surface area (Å²) >= 11 is 1.62. The molecule has 1 aliphatic rings. The van der Waals surface area contributed by atoms with Crippen LogP contribution >= 0.6 is 11.3 Å². The standard InChI is InChI=1S/C11H17NOS/c1-8-5-11(6-8,7-12)10(13)9-3-2-4-14-9/h2-4,8,10,13H,5-7,12H2,1H3/t8?,10-,11?/m1/s1.